The molecular weight excluding hydrogens is 252 g/mol. The third-order valence-electron chi connectivity index (χ3n) is 2.27. The summed E-state index contributed by atoms with van der Waals surface area (Å²) in [5.74, 6) is -1.07. The van der Waals surface area contributed by atoms with Crippen LogP contribution in [0.3, 0.4) is 0 Å². The number of hydrogen-bond donors (Lipinski definition) is 1. The molecule has 0 radical (unpaired) electrons. The first-order valence-corrected chi connectivity index (χ1v) is 5.57. The van der Waals surface area contributed by atoms with Gasteiger partial charge in [-0.1, -0.05) is 12.1 Å². The van der Waals surface area contributed by atoms with Crippen molar-refractivity contribution in [1.82, 2.24) is 0 Å². The number of ether oxygens (including phenoxy) is 1. The fraction of sp³-hybridized carbons (Fsp3) is 0.0714. The summed E-state index contributed by atoms with van der Waals surface area (Å²) in [6.45, 7) is -0.278. The van der Waals surface area contributed by atoms with Gasteiger partial charge in [0.25, 0.3) is 5.91 Å². The van der Waals surface area contributed by atoms with Crippen LogP contribution in [0.15, 0.2) is 48.5 Å². The van der Waals surface area contributed by atoms with Crippen molar-refractivity contribution >= 4 is 11.6 Å². The Morgan fingerprint density at radius 2 is 1.74 bits per heavy atom. The molecule has 19 heavy (non-hydrogen) atoms. The molecule has 98 valence electrons. The summed E-state index contributed by atoms with van der Waals surface area (Å²) in [5, 5.41) is 2.47. The van der Waals surface area contributed by atoms with Crippen LogP contribution in [0.2, 0.25) is 0 Å². The quantitative estimate of drug-likeness (QED) is 0.920. The van der Waals surface area contributed by atoms with Gasteiger partial charge < -0.3 is 10.1 Å². The van der Waals surface area contributed by atoms with Crippen molar-refractivity contribution in [3.63, 3.8) is 0 Å². The zero-order valence-corrected chi connectivity index (χ0v) is 9.90. The molecule has 2 aromatic rings. The summed E-state index contributed by atoms with van der Waals surface area (Å²) < 4.78 is 30.9. The van der Waals surface area contributed by atoms with E-state index in [-0.39, 0.29) is 12.4 Å². The average molecular weight is 263 g/mol. The van der Waals surface area contributed by atoms with Crippen LogP contribution in [0, 0.1) is 11.6 Å². The minimum atomic E-state index is -0.449. The van der Waals surface area contributed by atoms with Crippen LogP contribution < -0.4 is 10.1 Å². The van der Waals surface area contributed by atoms with Gasteiger partial charge in [-0.25, -0.2) is 8.78 Å². The Bertz CT molecular complexity index is 587. The van der Waals surface area contributed by atoms with Gasteiger partial charge in [0.2, 0.25) is 0 Å². The molecule has 0 saturated heterocycles. The maximum absolute atomic E-state index is 12.9. The minimum Gasteiger partial charge on any atom is -0.484 e. The second-order valence-electron chi connectivity index (χ2n) is 3.80. The Hall–Kier alpha value is -2.43. The molecule has 0 saturated carbocycles. The topological polar surface area (TPSA) is 38.3 Å². The van der Waals surface area contributed by atoms with Crippen molar-refractivity contribution in [2.45, 2.75) is 0 Å². The molecule has 0 aliphatic carbocycles. The molecule has 2 aromatic carbocycles. The molecule has 0 fully saturated rings. The standard InChI is InChI=1S/C14H11F2NO2/c15-10-3-1-5-12(7-10)17-14(18)9-19-13-6-2-4-11(16)8-13/h1-8H,9H2,(H,17,18). The van der Waals surface area contributed by atoms with E-state index in [1.807, 2.05) is 0 Å². The van der Waals surface area contributed by atoms with Crippen molar-refractivity contribution < 1.29 is 18.3 Å². The highest BCUT2D eigenvalue weighted by Crippen LogP contribution is 2.12. The van der Waals surface area contributed by atoms with Crippen LogP contribution in [0.1, 0.15) is 0 Å². The smallest absolute Gasteiger partial charge is 0.262 e. The maximum Gasteiger partial charge on any atom is 0.262 e. The van der Waals surface area contributed by atoms with Crippen LogP contribution in [0.5, 0.6) is 5.75 Å². The third-order valence-corrected chi connectivity index (χ3v) is 2.27. The van der Waals surface area contributed by atoms with E-state index in [1.165, 1.54) is 36.4 Å². The lowest BCUT2D eigenvalue weighted by Gasteiger charge is -2.07. The van der Waals surface area contributed by atoms with Crippen LogP contribution in [-0.4, -0.2) is 12.5 Å². The Balaban J connectivity index is 1.88. The number of hydrogen-bond acceptors (Lipinski definition) is 2. The van der Waals surface area contributed by atoms with Gasteiger partial charge in [0.15, 0.2) is 6.61 Å². The van der Waals surface area contributed by atoms with Gasteiger partial charge in [-0.15, -0.1) is 0 Å². The normalized spacial score (nSPS) is 10.0. The van der Waals surface area contributed by atoms with Crippen molar-refractivity contribution in [2.24, 2.45) is 0 Å². The number of carbonyl (C=O) groups excluding carboxylic acids is 1. The lowest BCUT2D eigenvalue weighted by molar-refractivity contribution is -0.118. The van der Waals surface area contributed by atoms with Gasteiger partial charge in [-0.2, -0.15) is 0 Å². The highest BCUT2D eigenvalue weighted by atomic mass is 19.1. The minimum absolute atomic E-state index is 0.259. The molecule has 1 amide bonds. The summed E-state index contributed by atoms with van der Waals surface area (Å²) in [6.07, 6.45) is 0. The van der Waals surface area contributed by atoms with E-state index in [4.69, 9.17) is 4.74 Å². The molecule has 0 aliphatic rings. The number of benzene rings is 2. The molecular formula is C14H11F2NO2. The largest absolute Gasteiger partial charge is 0.484 e. The highest BCUT2D eigenvalue weighted by Gasteiger charge is 2.04. The third kappa shape index (κ3) is 4.06. The average Bonchev–Trinajstić information content (AvgIpc) is 2.36. The molecule has 2 rings (SSSR count). The molecule has 0 spiro atoms. The van der Waals surface area contributed by atoms with Gasteiger partial charge in [0, 0.05) is 11.8 Å². The van der Waals surface area contributed by atoms with Crippen molar-refractivity contribution in [2.75, 3.05) is 11.9 Å². The fourth-order valence-corrected chi connectivity index (χ4v) is 1.47. The van der Waals surface area contributed by atoms with Crippen molar-refractivity contribution in [3.8, 4) is 5.75 Å². The number of rotatable bonds is 4. The van der Waals surface area contributed by atoms with Crippen LogP contribution in [0.25, 0.3) is 0 Å². The first-order valence-electron chi connectivity index (χ1n) is 5.57. The number of carbonyl (C=O) groups is 1. The van der Waals surface area contributed by atoms with E-state index >= 15 is 0 Å². The van der Waals surface area contributed by atoms with E-state index in [2.05, 4.69) is 5.32 Å². The van der Waals surface area contributed by atoms with E-state index in [1.54, 1.807) is 12.1 Å². The maximum atomic E-state index is 12.9. The van der Waals surface area contributed by atoms with Gasteiger partial charge in [-0.05, 0) is 30.3 Å². The molecule has 0 aromatic heterocycles. The van der Waals surface area contributed by atoms with E-state index in [0.717, 1.165) is 0 Å². The second kappa shape index (κ2) is 5.95. The van der Waals surface area contributed by atoms with E-state index in [0.29, 0.717) is 5.69 Å². The van der Waals surface area contributed by atoms with Gasteiger partial charge in [0.1, 0.15) is 17.4 Å². The first kappa shape index (κ1) is 13.0. The molecule has 0 unspecified atom stereocenters. The van der Waals surface area contributed by atoms with E-state index in [9.17, 15) is 13.6 Å². The van der Waals surface area contributed by atoms with Crippen LogP contribution in [0.4, 0.5) is 14.5 Å². The second-order valence-corrected chi connectivity index (χ2v) is 3.80. The molecule has 0 atom stereocenters. The SMILES string of the molecule is O=C(COc1cccc(F)c1)Nc1cccc(F)c1. The zero-order valence-electron chi connectivity index (χ0n) is 9.90. The summed E-state index contributed by atoms with van der Waals surface area (Å²) in [5.41, 5.74) is 0.341. The monoisotopic (exact) mass is 263 g/mol. The zero-order chi connectivity index (χ0) is 13.7. The van der Waals surface area contributed by atoms with Gasteiger partial charge in [0.05, 0.1) is 0 Å². The predicted octanol–water partition coefficient (Wildman–Crippen LogP) is 2.98. The predicted molar refractivity (Wildman–Crippen MR) is 66.9 cm³/mol. The summed E-state index contributed by atoms with van der Waals surface area (Å²) >= 11 is 0. The lowest BCUT2D eigenvalue weighted by Crippen LogP contribution is -2.20. The fourth-order valence-electron chi connectivity index (χ4n) is 1.47. The van der Waals surface area contributed by atoms with Gasteiger partial charge in [-0.3, -0.25) is 4.79 Å². The van der Waals surface area contributed by atoms with Crippen LogP contribution in [-0.2, 0) is 4.79 Å². The molecule has 0 heterocycles. The molecule has 5 heteroatoms. The summed E-state index contributed by atoms with van der Waals surface area (Å²) in [6, 6.07) is 11.0. The Morgan fingerprint density at radius 1 is 1.05 bits per heavy atom. The van der Waals surface area contributed by atoms with Crippen molar-refractivity contribution in [1.29, 1.82) is 0 Å². The molecule has 0 bridgehead atoms. The highest BCUT2D eigenvalue weighted by molar-refractivity contribution is 5.91. The Morgan fingerprint density at radius 3 is 2.42 bits per heavy atom. The Labute approximate surface area is 108 Å². The summed E-state index contributed by atoms with van der Waals surface area (Å²) in [4.78, 5) is 11.5. The van der Waals surface area contributed by atoms with Crippen molar-refractivity contribution in [3.05, 3.63) is 60.2 Å². The van der Waals surface area contributed by atoms with Gasteiger partial charge >= 0.3 is 0 Å². The van der Waals surface area contributed by atoms with Crippen LogP contribution >= 0.6 is 0 Å². The molecule has 1 N–H and O–H groups in total. The van der Waals surface area contributed by atoms with E-state index < -0.39 is 17.5 Å². The number of amides is 1. The summed E-state index contributed by atoms with van der Waals surface area (Å²) in [7, 11) is 0. The number of halogens is 2. The number of nitrogens with one attached hydrogen (secondary N) is 1. The molecule has 0 aliphatic heterocycles. The number of anilines is 1. The molecule has 3 nitrogen and oxygen atoms in total. The first-order chi connectivity index (χ1) is 9.13. The lowest BCUT2D eigenvalue weighted by atomic mass is 10.3. The Kier molecular flexibility index (Phi) is 4.07.